The number of likely N-dealkylation sites (tertiary alicyclic amines) is 1. The van der Waals surface area contributed by atoms with Gasteiger partial charge in [-0.1, -0.05) is 42.0 Å². The Labute approximate surface area is 205 Å². The van der Waals surface area contributed by atoms with Crippen molar-refractivity contribution < 1.29 is 18.4 Å². The molecule has 4 rings (SSSR count). The molecule has 35 heavy (non-hydrogen) atoms. The number of fused-ring (bicyclic) bond motifs is 1. The zero-order valence-electron chi connectivity index (χ0n) is 18.5. The molecule has 0 radical (unpaired) electrons. The molecule has 0 spiro atoms. The van der Waals surface area contributed by atoms with Gasteiger partial charge in [-0.25, -0.2) is 8.78 Å². The van der Waals surface area contributed by atoms with Crippen LogP contribution < -0.4 is 5.32 Å². The smallest absolute Gasteiger partial charge is 0.252 e. The molecule has 1 aromatic heterocycles. The van der Waals surface area contributed by atoms with E-state index in [-0.39, 0.29) is 6.54 Å². The van der Waals surface area contributed by atoms with Crippen LogP contribution in [0.5, 0.6) is 0 Å². The van der Waals surface area contributed by atoms with E-state index >= 15 is 0 Å². The van der Waals surface area contributed by atoms with Gasteiger partial charge < -0.3 is 10.2 Å². The molecule has 1 aliphatic rings. The second kappa shape index (κ2) is 10.2. The topological polar surface area (TPSA) is 86.1 Å². The van der Waals surface area contributed by atoms with Crippen molar-refractivity contribution in [3.8, 4) is 6.07 Å². The molecule has 1 atom stereocenters. The monoisotopic (exact) mass is 494 g/mol. The first-order chi connectivity index (χ1) is 16.8. The van der Waals surface area contributed by atoms with Gasteiger partial charge in [0.2, 0.25) is 5.91 Å². The third-order valence-electron chi connectivity index (χ3n) is 5.80. The molecule has 1 saturated heterocycles. The lowest BCUT2D eigenvalue weighted by atomic mass is 9.99. The van der Waals surface area contributed by atoms with Crippen LogP contribution >= 0.6 is 11.6 Å². The molecule has 1 unspecified atom stereocenters. The maximum atomic E-state index is 13.6. The van der Waals surface area contributed by atoms with E-state index in [2.05, 4.69) is 10.3 Å². The van der Waals surface area contributed by atoms with E-state index in [0.29, 0.717) is 21.5 Å². The van der Waals surface area contributed by atoms with E-state index in [4.69, 9.17) is 11.6 Å². The molecule has 1 aliphatic heterocycles. The number of alkyl halides is 2. The number of hydrogen-bond donors (Lipinski definition) is 1. The highest BCUT2D eigenvalue weighted by atomic mass is 35.5. The Kier molecular flexibility index (Phi) is 7.08. The second-order valence-electron chi connectivity index (χ2n) is 8.24. The highest BCUT2D eigenvalue weighted by Gasteiger charge is 2.42. The fraction of sp³-hybridized carbons (Fsp3) is 0.231. The highest BCUT2D eigenvalue weighted by molar-refractivity contribution is 6.30. The number of nitrogens with one attached hydrogen (secondary N) is 1. The van der Waals surface area contributed by atoms with Gasteiger partial charge in [0, 0.05) is 36.0 Å². The van der Waals surface area contributed by atoms with Crippen molar-refractivity contribution >= 4 is 46.5 Å². The van der Waals surface area contributed by atoms with Crippen LogP contribution in [0.2, 0.25) is 5.02 Å². The van der Waals surface area contributed by atoms with Crippen LogP contribution in [0, 0.1) is 11.3 Å². The summed E-state index contributed by atoms with van der Waals surface area (Å²) in [4.78, 5) is 30.9. The molecule has 6 nitrogen and oxygen atoms in total. The molecular formula is C26H21ClF2N4O2. The van der Waals surface area contributed by atoms with Crippen molar-refractivity contribution in [3.63, 3.8) is 0 Å². The number of pyridine rings is 1. The van der Waals surface area contributed by atoms with Gasteiger partial charge in [-0.3, -0.25) is 14.6 Å². The van der Waals surface area contributed by atoms with Gasteiger partial charge in [0.05, 0.1) is 23.7 Å². The van der Waals surface area contributed by atoms with Crippen molar-refractivity contribution in [2.24, 2.45) is 0 Å². The molecule has 1 N–H and O–H groups in total. The van der Waals surface area contributed by atoms with E-state index in [1.807, 2.05) is 36.4 Å². The van der Waals surface area contributed by atoms with Gasteiger partial charge >= 0.3 is 0 Å². The number of nitriles is 1. The Morgan fingerprint density at radius 1 is 1.17 bits per heavy atom. The first-order valence-corrected chi connectivity index (χ1v) is 11.3. The molecule has 2 amide bonds. The summed E-state index contributed by atoms with van der Waals surface area (Å²) in [5, 5.41) is 13.0. The van der Waals surface area contributed by atoms with E-state index < -0.39 is 43.2 Å². The Balaban J connectivity index is 1.48. The fourth-order valence-electron chi connectivity index (χ4n) is 3.93. The average molecular weight is 495 g/mol. The fourth-order valence-corrected chi connectivity index (χ4v) is 4.06. The SMILES string of the molecule is N#CC1CC(F)(F)CCN1C(=O)CNC(=O)c1ccnc2ccc(/C=C/c3ccc(Cl)cc3)cc12. The molecular weight excluding hydrogens is 474 g/mol. The van der Waals surface area contributed by atoms with E-state index in [1.165, 1.54) is 6.20 Å². The molecule has 0 aliphatic carbocycles. The maximum Gasteiger partial charge on any atom is 0.252 e. The van der Waals surface area contributed by atoms with Gasteiger partial charge in [-0.15, -0.1) is 0 Å². The first-order valence-electron chi connectivity index (χ1n) is 10.9. The van der Waals surface area contributed by atoms with Crippen molar-refractivity contribution in [2.75, 3.05) is 13.1 Å². The molecule has 2 heterocycles. The number of hydrogen-bond acceptors (Lipinski definition) is 4. The quantitative estimate of drug-likeness (QED) is 0.509. The lowest BCUT2D eigenvalue weighted by Crippen LogP contribution is -2.51. The third-order valence-corrected chi connectivity index (χ3v) is 6.06. The summed E-state index contributed by atoms with van der Waals surface area (Å²) in [6.07, 6.45) is 4.10. The number of piperidine rings is 1. The Morgan fingerprint density at radius 2 is 1.89 bits per heavy atom. The lowest BCUT2D eigenvalue weighted by molar-refractivity contribution is -0.139. The van der Waals surface area contributed by atoms with E-state index in [1.54, 1.807) is 30.3 Å². The molecule has 0 bridgehead atoms. The number of halogens is 3. The molecule has 9 heteroatoms. The summed E-state index contributed by atoms with van der Waals surface area (Å²) >= 11 is 5.92. The zero-order valence-corrected chi connectivity index (χ0v) is 19.3. The number of amides is 2. The van der Waals surface area contributed by atoms with E-state index in [9.17, 15) is 23.6 Å². The van der Waals surface area contributed by atoms with E-state index in [0.717, 1.165) is 16.0 Å². The van der Waals surface area contributed by atoms with Crippen LogP contribution in [0.3, 0.4) is 0 Å². The number of rotatable bonds is 5. The van der Waals surface area contributed by atoms with Crippen molar-refractivity contribution in [1.29, 1.82) is 5.26 Å². The van der Waals surface area contributed by atoms with Crippen molar-refractivity contribution in [2.45, 2.75) is 24.8 Å². The Morgan fingerprint density at radius 3 is 2.63 bits per heavy atom. The van der Waals surface area contributed by atoms with Gasteiger partial charge in [0.1, 0.15) is 6.04 Å². The molecule has 178 valence electrons. The van der Waals surface area contributed by atoms with Crippen LogP contribution in [0.4, 0.5) is 8.78 Å². The van der Waals surface area contributed by atoms with Gasteiger partial charge in [0.15, 0.2) is 0 Å². The van der Waals surface area contributed by atoms with Gasteiger partial charge in [-0.2, -0.15) is 5.26 Å². The summed E-state index contributed by atoms with van der Waals surface area (Å²) in [6.45, 7) is -0.635. The number of benzene rings is 2. The van der Waals surface area contributed by atoms with Crippen LogP contribution in [-0.2, 0) is 4.79 Å². The molecule has 2 aromatic carbocycles. The highest BCUT2D eigenvalue weighted by Crippen LogP contribution is 2.31. The predicted octanol–water partition coefficient (Wildman–Crippen LogP) is 4.94. The summed E-state index contributed by atoms with van der Waals surface area (Å²) in [6, 6.07) is 14.9. The minimum atomic E-state index is -2.98. The first kappa shape index (κ1) is 24.3. The Bertz CT molecular complexity index is 1340. The van der Waals surface area contributed by atoms with Crippen LogP contribution in [0.15, 0.2) is 54.7 Å². The lowest BCUT2D eigenvalue weighted by Gasteiger charge is -2.35. The van der Waals surface area contributed by atoms with Crippen molar-refractivity contribution in [1.82, 2.24) is 15.2 Å². The number of carbonyl (C=O) groups excluding carboxylic acids is 2. The largest absolute Gasteiger partial charge is 0.343 e. The predicted molar refractivity (Wildman–Crippen MR) is 130 cm³/mol. The minimum absolute atomic E-state index is 0.235. The molecule has 1 fully saturated rings. The van der Waals surface area contributed by atoms with Crippen LogP contribution in [0.1, 0.15) is 34.3 Å². The summed E-state index contributed by atoms with van der Waals surface area (Å²) in [5.41, 5.74) is 2.74. The number of nitrogens with zero attached hydrogens (tertiary/aromatic N) is 3. The third kappa shape index (κ3) is 5.81. The van der Waals surface area contributed by atoms with Gasteiger partial charge in [-0.05, 0) is 41.5 Å². The molecule has 0 saturated carbocycles. The summed E-state index contributed by atoms with van der Waals surface area (Å²) in [5.74, 6) is -4.05. The normalized spacial score (nSPS) is 17.3. The average Bonchev–Trinajstić information content (AvgIpc) is 2.85. The standard InChI is InChI=1S/C26H21ClF2N4O2/c27-19-6-3-17(4-7-19)1-2-18-5-8-23-22(13-18)21(9-11-31-23)25(35)32-16-24(34)33-12-10-26(28,29)14-20(33)15-30/h1-9,11,13,20H,10,12,14,16H2,(H,32,35)/b2-1+. The van der Waals surface area contributed by atoms with Crippen molar-refractivity contribution in [3.05, 3.63) is 76.4 Å². The summed E-state index contributed by atoms with van der Waals surface area (Å²) < 4.78 is 27.2. The van der Waals surface area contributed by atoms with Gasteiger partial charge in [0.25, 0.3) is 11.8 Å². The van der Waals surface area contributed by atoms with Crippen LogP contribution in [0.25, 0.3) is 23.1 Å². The molecule has 3 aromatic rings. The summed E-state index contributed by atoms with van der Waals surface area (Å²) in [7, 11) is 0. The zero-order chi connectivity index (χ0) is 25.0. The number of aromatic nitrogens is 1. The number of carbonyl (C=O) groups is 2. The maximum absolute atomic E-state index is 13.6. The minimum Gasteiger partial charge on any atom is -0.343 e. The second-order valence-corrected chi connectivity index (χ2v) is 8.68. The van der Waals surface area contributed by atoms with Crippen LogP contribution in [-0.4, -0.2) is 46.8 Å². The Hall–Kier alpha value is -3.83.